The Morgan fingerprint density at radius 1 is 1.12 bits per heavy atom. The third-order valence-corrected chi connectivity index (χ3v) is 7.16. The lowest BCUT2D eigenvalue weighted by molar-refractivity contribution is -0.117. The molecule has 0 bridgehead atoms. The van der Waals surface area contributed by atoms with Gasteiger partial charge in [-0.15, -0.1) is 0 Å². The zero-order valence-corrected chi connectivity index (χ0v) is 20.3. The minimum absolute atomic E-state index is 0.00671. The maximum atomic E-state index is 12.8. The zero-order chi connectivity index (χ0) is 24.6. The molecule has 1 aliphatic heterocycles. The van der Waals surface area contributed by atoms with Crippen LogP contribution in [0.15, 0.2) is 59.5 Å². The molecule has 1 aliphatic rings. The molecule has 7 nitrogen and oxygen atoms in total. The Bertz CT molecular complexity index is 1450. The summed E-state index contributed by atoms with van der Waals surface area (Å²) in [5, 5.41) is 15.2. The number of carbonyl (C=O) groups is 1. The Balaban J connectivity index is 1.61. The predicted molar refractivity (Wildman–Crippen MR) is 130 cm³/mol. The highest BCUT2D eigenvalue weighted by Crippen LogP contribution is 2.40. The summed E-state index contributed by atoms with van der Waals surface area (Å²) in [7, 11) is -3.84. The van der Waals surface area contributed by atoms with Crippen molar-refractivity contribution in [2.24, 2.45) is 5.14 Å². The molecule has 1 atom stereocenters. The number of carbonyl (C=O) groups excluding carboxylic acids is 1. The van der Waals surface area contributed by atoms with Crippen LogP contribution in [-0.2, 0) is 14.8 Å². The predicted octanol–water partition coefficient (Wildman–Crippen LogP) is 5.13. The number of para-hydroxylation sites is 1. The quantitative estimate of drug-likeness (QED) is 0.505. The van der Waals surface area contributed by atoms with Gasteiger partial charge in [0.1, 0.15) is 11.8 Å². The Morgan fingerprint density at radius 2 is 1.88 bits per heavy atom. The van der Waals surface area contributed by atoms with Crippen LogP contribution in [0.3, 0.4) is 0 Å². The number of nitrogens with zero attached hydrogens (tertiary/aromatic N) is 2. The number of benzene rings is 3. The molecular weight excluding hydrogens is 497 g/mol. The Morgan fingerprint density at radius 3 is 2.56 bits per heavy atom. The lowest BCUT2D eigenvalue weighted by Gasteiger charge is -2.20. The van der Waals surface area contributed by atoms with Gasteiger partial charge in [-0.05, 0) is 60.5 Å². The van der Waals surface area contributed by atoms with Crippen molar-refractivity contribution in [2.75, 3.05) is 11.4 Å². The van der Waals surface area contributed by atoms with Gasteiger partial charge in [-0.3, -0.25) is 4.79 Å². The summed E-state index contributed by atoms with van der Waals surface area (Å²) in [6.07, 6.45) is 0.257. The van der Waals surface area contributed by atoms with E-state index >= 15 is 0 Å². The largest absolute Gasteiger partial charge is 0.453 e. The van der Waals surface area contributed by atoms with Crippen LogP contribution in [0, 0.1) is 18.3 Å². The first-order valence-corrected chi connectivity index (χ1v) is 12.5. The molecule has 1 heterocycles. The summed E-state index contributed by atoms with van der Waals surface area (Å²) in [6, 6.07) is 16.6. The number of hydrogen-bond acceptors (Lipinski definition) is 5. The Labute approximate surface area is 207 Å². The van der Waals surface area contributed by atoms with E-state index in [1.807, 2.05) is 12.1 Å². The molecule has 0 saturated carbocycles. The van der Waals surface area contributed by atoms with Gasteiger partial charge in [-0.2, -0.15) is 5.26 Å². The fraction of sp³-hybridized carbons (Fsp3) is 0.167. The average Bonchev–Trinajstić information content (AvgIpc) is 3.17. The molecule has 0 aliphatic carbocycles. The van der Waals surface area contributed by atoms with Crippen LogP contribution in [0.2, 0.25) is 10.0 Å². The summed E-state index contributed by atoms with van der Waals surface area (Å²) in [6.45, 7) is 2.13. The highest BCUT2D eigenvalue weighted by atomic mass is 35.5. The molecule has 0 spiro atoms. The second-order valence-electron chi connectivity index (χ2n) is 7.92. The second-order valence-corrected chi connectivity index (χ2v) is 10.3. The van der Waals surface area contributed by atoms with Gasteiger partial charge in [0, 0.05) is 24.6 Å². The van der Waals surface area contributed by atoms with E-state index in [1.165, 1.54) is 12.1 Å². The number of nitrogens with two attached hydrogens (primary N) is 1. The molecule has 2 N–H and O–H groups in total. The van der Waals surface area contributed by atoms with Crippen molar-refractivity contribution in [3.63, 3.8) is 0 Å². The van der Waals surface area contributed by atoms with Gasteiger partial charge in [0.2, 0.25) is 15.9 Å². The van der Waals surface area contributed by atoms with E-state index in [1.54, 1.807) is 48.2 Å². The van der Waals surface area contributed by atoms with Crippen LogP contribution in [0.1, 0.15) is 29.0 Å². The molecule has 3 aromatic rings. The molecule has 0 aromatic heterocycles. The first-order valence-electron chi connectivity index (χ1n) is 10.2. The third-order valence-electron chi connectivity index (χ3n) is 5.64. The molecule has 1 amide bonds. The van der Waals surface area contributed by atoms with Crippen LogP contribution >= 0.6 is 23.2 Å². The third kappa shape index (κ3) is 4.74. The summed E-state index contributed by atoms with van der Waals surface area (Å²) in [5.41, 5.74) is 2.36. The van der Waals surface area contributed by atoms with Gasteiger partial charge in [-0.25, -0.2) is 13.6 Å². The number of hydrogen-bond donors (Lipinski definition) is 1. The molecule has 34 heavy (non-hydrogen) atoms. The number of primary sulfonamides is 1. The monoisotopic (exact) mass is 515 g/mol. The minimum Gasteiger partial charge on any atom is -0.453 e. The van der Waals surface area contributed by atoms with Crippen molar-refractivity contribution in [1.29, 1.82) is 5.26 Å². The molecule has 0 unspecified atom stereocenters. The van der Waals surface area contributed by atoms with E-state index in [0.29, 0.717) is 28.6 Å². The molecule has 1 saturated heterocycles. The van der Waals surface area contributed by atoms with Crippen molar-refractivity contribution in [2.45, 2.75) is 24.2 Å². The number of amides is 1. The normalized spacial score (nSPS) is 15.9. The molecule has 3 aromatic carbocycles. The van der Waals surface area contributed by atoms with Crippen LogP contribution in [-0.4, -0.2) is 20.9 Å². The highest BCUT2D eigenvalue weighted by molar-refractivity contribution is 7.89. The summed E-state index contributed by atoms with van der Waals surface area (Å²) < 4.78 is 29.1. The van der Waals surface area contributed by atoms with E-state index < -0.39 is 10.0 Å². The molecule has 174 valence electrons. The number of ether oxygens (including phenoxy) is 1. The van der Waals surface area contributed by atoms with Gasteiger partial charge < -0.3 is 9.64 Å². The van der Waals surface area contributed by atoms with Gasteiger partial charge in [0.25, 0.3) is 0 Å². The first kappa shape index (κ1) is 24.0. The minimum atomic E-state index is -3.84. The van der Waals surface area contributed by atoms with Gasteiger partial charge in [0.05, 0.1) is 20.5 Å². The number of halogens is 2. The summed E-state index contributed by atoms with van der Waals surface area (Å²) in [4.78, 5) is 14.5. The highest BCUT2D eigenvalue weighted by Gasteiger charge is 2.33. The lowest BCUT2D eigenvalue weighted by atomic mass is 9.98. The van der Waals surface area contributed by atoms with Crippen LogP contribution in [0.5, 0.6) is 11.5 Å². The van der Waals surface area contributed by atoms with E-state index in [4.69, 9.17) is 33.1 Å². The molecular formula is C24H19Cl2N3O4S. The number of aryl methyl sites for hydroxylation is 1. The van der Waals surface area contributed by atoms with Crippen LogP contribution in [0.25, 0.3) is 0 Å². The lowest BCUT2D eigenvalue weighted by Crippen LogP contribution is -2.25. The van der Waals surface area contributed by atoms with Gasteiger partial charge in [-0.1, -0.05) is 35.3 Å². The van der Waals surface area contributed by atoms with Gasteiger partial charge >= 0.3 is 0 Å². The van der Waals surface area contributed by atoms with Crippen LogP contribution in [0.4, 0.5) is 5.69 Å². The molecule has 1 fully saturated rings. The van der Waals surface area contributed by atoms with E-state index in [0.717, 1.165) is 5.56 Å². The smallest absolute Gasteiger partial charge is 0.238 e. The van der Waals surface area contributed by atoms with E-state index in [2.05, 4.69) is 0 Å². The average molecular weight is 516 g/mol. The maximum Gasteiger partial charge on any atom is 0.238 e. The van der Waals surface area contributed by atoms with E-state index in [9.17, 15) is 18.5 Å². The molecule has 4 rings (SSSR count). The standard InChI is InChI=1S/C24H19Cl2N3O4S/c1-14-9-18(34(28,31)32)6-8-21(14)29-13-17(11-23(29)30)15-5-7-19(25)22(10-15)33-24-16(12-27)3-2-4-20(24)26/h2-10,17H,11,13H2,1H3,(H2,28,31,32)/t17-/m0/s1. The number of rotatable bonds is 5. The summed E-state index contributed by atoms with van der Waals surface area (Å²) in [5.74, 6) is 0.293. The molecule has 10 heteroatoms. The van der Waals surface area contributed by atoms with E-state index in [-0.39, 0.29) is 39.5 Å². The van der Waals surface area contributed by atoms with Crippen molar-refractivity contribution in [3.05, 3.63) is 81.3 Å². The fourth-order valence-electron chi connectivity index (χ4n) is 3.93. The Kier molecular flexibility index (Phi) is 6.56. The number of nitriles is 1. The summed E-state index contributed by atoms with van der Waals surface area (Å²) >= 11 is 12.6. The molecule has 0 radical (unpaired) electrons. The van der Waals surface area contributed by atoms with Gasteiger partial charge in [0.15, 0.2) is 5.75 Å². The Hall–Kier alpha value is -3.09. The fourth-order valence-corrected chi connectivity index (χ4v) is 4.90. The van der Waals surface area contributed by atoms with Crippen molar-refractivity contribution >= 4 is 44.8 Å². The number of sulfonamides is 1. The topological polar surface area (TPSA) is 113 Å². The second kappa shape index (κ2) is 9.28. The zero-order valence-electron chi connectivity index (χ0n) is 18.0. The first-order chi connectivity index (χ1) is 16.1. The SMILES string of the molecule is Cc1cc(S(N)(=O)=O)ccc1N1C[C@@H](c2ccc(Cl)c(Oc3c(Cl)cccc3C#N)c2)CC1=O. The number of anilines is 1. The van der Waals surface area contributed by atoms with Crippen molar-refractivity contribution in [3.8, 4) is 17.6 Å². The van der Waals surface area contributed by atoms with Crippen molar-refractivity contribution < 1.29 is 17.9 Å². The maximum absolute atomic E-state index is 12.8. The van der Waals surface area contributed by atoms with Crippen LogP contribution < -0.4 is 14.8 Å². The van der Waals surface area contributed by atoms with Crippen molar-refractivity contribution in [1.82, 2.24) is 0 Å².